The van der Waals surface area contributed by atoms with Gasteiger partial charge in [-0.25, -0.2) is 4.39 Å². The van der Waals surface area contributed by atoms with Gasteiger partial charge in [-0.15, -0.1) is 0 Å². The molecule has 0 aliphatic rings. The summed E-state index contributed by atoms with van der Waals surface area (Å²) in [6, 6.07) is 16.3. The Bertz CT molecular complexity index is 1020. The third-order valence-corrected chi connectivity index (χ3v) is 4.25. The van der Waals surface area contributed by atoms with Gasteiger partial charge in [0.15, 0.2) is 0 Å². The highest BCUT2D eigenvalue weighted by Crippen LogP contribution is 2.17. The van der Waals surface area contributed by atoms with Crippen molar-refractivity contribution in [3.05, 3.63) is 89.5 Å². The van der Waals surface area contributed by atoms with Crippen LogP contribution in [0.3, 0.4) is 0 Å². The predicted molar refractivity (Wildman–Crippen MR) is 108 cm³/mol. The lowest BCUT2D eigenvalue weighted by atomic mass is 10.1. The number of nitrogens with zero attached hydrogens (tertiary/aromatic N) is 1. The third kappa shape index (κ3) is 5.16. The van der Waals surface area contributed by atoms with Crippen LogP contribution in [0, 0.1) is 5.82 Å². The third-order valence-electron chi connectivity index (χ3n) is 4.25. The number of aromatic nitrogens is 1. The zero-order chi connectivity index (χ0) is 20.6. The van der Waals surface area contributed by atoms with E-state index in [0.29, 0.717) is 18.5 Å². The first-order chi connectivity index (χ1) is 14.1. The molecule has 0 bridgehead atoms. The lowest BCUT2D eigenvalue weighted by Gasteiger charge is -2.10. The molecule has 0 spiro atoms. The Morgan fingerprint density at radius 3 is 2.59 bits per heavy atom. The molecule has 0 aliphatic heterocycles. The van der Waals surface area contributed by atoms with E-state index in [4.69, 9.17) is 4.74 Å². The summed E-state index contributed by atoms with van der Waals surface area (Å²) in [5, 5.41) is 5.26. The van der Waals surface area contributed by atoms with E-state index in [9.17, 15) is 14.0 Å². The summed E-state index contributed by atoms with van der Waals surface area (Å²) in [5.41, 5.74) is 1.34. The predicted octanol–water partition coefficient (Wildman–Crippen LogP) is 3.45. The minimum atomic E-state index is -0.598. The van der Waals surface area contributed by atoms with Crippen LogP contribution in [0.1, 0.15) is 26.4 Å². The molecule has 3 aromatic rings. The van der Waals surface area contributed by atoms with Crippen molar-refractivity contribution in [1.82, 2.24) is 10.3 Å². The fourth-order valence-electron chi connectivity index (χ4n) is 2.77. The molecule has 1 aromatic heterocycles. The summed E-state index contributed by atoms with van der Waals surface area (Å²) >= 11 is 0. The molecule has 29 heavy (non-hydrogen) atoms. The van der Waals surface area contributed by atoms with Crippen molar-refractivity contribution in [3.63, 3.8) is 0 Å². The van der Waals surface area contributed by atoms with Crippen LogP contribution in [0.15, 0.2) is 66.9 Å². The summed E-state index contributed by atoms with van der Waals surface area (Å²) in [4.78, 5) is 28.7. The van der Waals surface area contributed by atoms with Crippen molar-refractivity contribution < 1.29 is 18.7 Å². The molecule has 0 atom stereocenters. The van der Waals surface area contributed by atoms with Gasteiger partial charge in [-0.3, -0.25) is 14.6 Å². The highest BCUT2D eigenvalue weighted by atomic mass is 19.1. The van der Waals surface area contributed by atoms with Gasteiger partial charge in [-0.2, -0.15) is 0 Å². The number of methoxy groups -OCH3 is 1. The van der Waals surface area contributed by atoms with E-state index in [0.717, 1.165) is 11.3 Å². The van der Waals surface area contributed by atoms with Crippen LogP contribution in [0.4, 0.5) is 10.1 Å². The maximum absolute atomic E-state index is 13.7. The van der Waals surface area contributed by atoms with E-state index in [2.05, 4.69) is 15.6 Å². The van der Waals surface area contributed by atoms with Gasteiger partial charge in [-0.1, -0.05) is 30.3 Å². The van der Waals surface area contributed by atoms with Crippen LogP contribution in [-0.4, -0.2) is 30.5 Å². The minimum absolute atomic E-state index is 0.0191. The van der Waals surface area contributed by atoms with Gasteiger partial charge in [0.05, 0.1) is 12.8 Å². The molecule has 2 amide bonds. The molecule has 0 fully saturated rings. The number of rotatable bonds is 7. The number of hydrogen-bond acceptors (Lipinski definition) is 4. The van der Waals surface area contributed by atoms with Crippen molar-refractivity contribution in [1.29, 1.82) is 0 Å². The van der Waals surface area contributed by atoms with E-state index in [1.54, 1.807) is 13.2 Å². The van der Waals surface area contributed by atoms with Crippen LogP contribution in [0.2, 0.25) is 0 Å². The normalized spacial score (nSPS) is 10.3. The highest BCUT2D eigenvalue weighted by molar-refractivity contribution is 6.04. The minimum Gasteiger partial charge on any atom is -0.496 e. The molecular weight excluding hydrogens is 373 g/mol. The Hall–Kier alpha value is -3.74. The molecule has 2 aromatic carbocycles. The Morgan fingerprint density at radius 1 is 1.03 bits per heavy atom. The van der Waals surface area contributed by atoms with E-state index in [-0.39, 0.29) is 17.3 Å². The molecule has 7 heteroatoms. The van der Waals surface area contributed by atoms with Gasteiger partial charge in [0.25, 0.3) is 11.8 Å². The number of para-hydroxylation sites is 2. The van der Waals surface area contributed by atoms with Gasteiger partial charge in [-0.05, 0) is 42.3 Å². The zero-order valence-electron chi connectivity index (χ0n) is 15.8. The highest BCUT2D eigenvalue weighted by Gasteiger charge is 2.13. The summed E-state index contributed by atoms with van der Waals surface area (Å²) in [7, 11) is 1.60. The number of nitrogens with one attached hydrogen (secondary N) is 2. The molecule has 0 aliphatic carbocycles. The summed E-state index contributed by atoms with van der Waals surface area (Å²) < 4.78 is 19.0. The van der Waals surface area contributed by atoms with Crippen LogP contribution in [-0.2, 0) is 6.42 Å². The Kier molecular flexibility index (Phi) is 6.52. The lowest BCUT2D eigenvalue weighted by Crippen LogP contribution is -2.26. The molecule has 3 rings (SSSR count). The van der Waals surface area contributed by atoms with Gasteiger partial charge in [0, 0.05) is 18.3 Å². The Labute approximate surface area is 167 Å². The van der Waals surface area contributed by atoms with Gasteiger partial charge in [0.2, 0.25) is 0 Å². The van der Waals surface area contributed by atoms with E-state index in [1.165, 1.54) is 36.5 Å². The van der Waals surface area contributed by atoms with Crippen molar-refractivity contribution in [3.8, 4) is 5.75 Å². The molecule has 0 unspecified atom stereocenters. The number of amides is 2. The number of anilines is 1. The first-order valence-electron chi connectivity index (χ1n) is 9.00. The molecule has 2 N–H and O–H groups in total. The molecule has 148 valence electrons. The number of pyridine rings is 1. The Morgan fingerprint density at radius 2 is 1.79 bits per heavy atom. The maximum Gasteiger partial charge on any atom is 0.274 e. The number of carbonyl (C=O) groups is 2. The van der Waals surface area contributed by atoms with Crippen molar-refractivity contribution in [2.24, 2.45) is 0 Å². The van der Waals surface area contributed by atoms with Crippen molar-refractivity contribution in [2.75, 3.05) is 19.0 Å². The average molecular weight is 393 g/mol. The number of carbonyl (C=O) groups excluding carboxylic acids is 2. The second kappa shape index (κ2) is 9.45. The monoisotopic (exact) mass is 393 g/mol. The summed E-state index contributed by atoms with van der Waals surface area (Å²) in [6.07, 6.45) is 1.97. The standard InChI is InChI=1S/C22H20FN3O3/c1-29-20-9-5-2-6-15(20)10-13-25-21(27)16-11-12-24-19(14-16)22(28)26-18-8-4-3-7-17(18)23/h2-9,11-12,14H,10,13H2,1H3,(H,25,27)(H,26,28). The van der Waals surface area contributed by atoms with Gasteiger partial charge in [0.1, 0.15) is 17.3 Å². The molecule has 0 saturated carbocycles. The smallest absolute Gasteiger partial charge is 0.274 e. The zero-order valence-corrected chi connectivity index (χ0v) is 15.8. The maximum atomic E-state index is 13.7. The molecule has 0 radical (unpaired) electrons. The second-order valence-corrected chi connectivity index (χ2v) is 6.18. The SMILES string of the molecule is COc1ccccc1CCNC(=O)c1ccnc(C(=O)Nc2ccccc2F)c1. The van der Waals surface area contributed by atoms with Gasteiger partial charge >= 0.3 is 0 Å². The summed E-state index contributed by atoms with van der Waals surface area (Å²) in [6.45, 7) is 0.401. The molecule has 0 saturated heterocycles. The molecule has 6 nitrogen and oxygen atoms in total. The largest absolute Gasteiger partial charge is 0.496 e. The van der Waals surface area contributed by atoms with E-state index < -0.39 is 11.7 Å². The quantitative estimate of drug-likeness (QED) is 0.644. The van der Waals surface area contributed by atoms with Crippen LogP contribution in [0.25, 0.3) is 0 Å². The topological polar surface area (TPSA) is 80.3 Å². The van der Waals surface area contributed by atoms with Crippen LogP contribution >= 0.6 is 0 Å². The molecular formula is C22H20FN3O3. The van der Waals surface area contributed by atoms with Crippen LogP contribution < -0.4 is 15.4 Å². The first kappa shape index (κ1) is 20.0. The number of hydrogen-bond donors (Lipinski definition) is 2. The number of ether oxygens (including phenoxy) is 1. The van der Waals surface area contributed by atoms with Gasteiger partial charge < -0.3 is 15.4 Å². The second-order valence-electron chi connectivity index (χ2n) is 6.18. The summed E-state index contributed by atoms with van der Waals surface area (Å²) in [5.74, 6) is -0.718. The van der Waals surface area contributed by atoms with Crippen molar-refractivity contribution >= 4 is 17.5 Å². The van der Waals surface area contributed by atoms with E-state index >= 15 is 0 Å². The average Bonchev–Trinajstić information content (AvgIpc) is 2.75. The lowest BCUT2D eigenvalue weighted by molar-refractivity contribution is 0.0954. The first-order valence-corrected chi connectivity index (χ1v) is 9.00. The Balaban J connectivity index is 1.62. The molecule has 1 heterocycles. The van der Waals surface area contributed by atoms with E-state index in [1.807, 2.05) is 24.3 Å². The van der Waals surface area contributed by atoms with Crippen molar-refractivity contribution in [2.45, 2.75) is 6.42 Å². The fraction of sp³-hybridized carbons (Fsp3) is 0.136. The fourth-order valence-corrected chi connectivity index (χ4v) is 2.77. The number of benzene rings is 2. The number of halogens is 1. The van der Waals surface area contributed by atoms with Crippen LogP contribution in [0.5, 0.6) is 5.75 Å².